The molecular formula is C32H34O2. The molecule has 0 N–H and O–H groups in total. The molecule has 1 heterocycles. The summed E-state index contributed by atoms with van der Waals surface area (Å²) in [5, 5.41) is 0. The van der Waals surface area contributed by atoms with Gasteiger partial charge in [0.15, 0.2) is 11.5 Å². The molecular weight excluding hydrogens is 416 g/mol. The average molecular weight is 451 g/mol. The zero-order chi connectivity index (χ0) is 22.9. The Morgan fingerprint density at radius 2 is 1.62 bits per heavy atom. The van der Waals surface area contributed by atoms with E-state index in [2.05, 4.69) is 79.7 Å². The Bertz CT molecular complexity index is 1190. The van der Waals surface area contributed by atoms with Gasteiger partial charge in [-0.1, -0.05) is 80.4 Å². The SMILES string of the molecule is CCCCCc1ccc(C2Cc3ccccc3C3CC(c4ccc5c(c4)OCCO5)=CC23)cc1. The maximum Gasteiger partial charge on any atom is 0.161 e. The van der Waals surface area contributed by atoms with Crippen molar-refractivity contribution in [3.05, 3.63) is 101 Å². The lowest BCUT2D eigenvalue weighted by Crippen LogP contribution is -2.24. The molecule has 0 fully saturated rings. The molecule has 6 rings (SSSR count). The van der Waals surface area contributed by atoms with Crippen LogP contribution in [-0.4, -0.2) is 13.2 Å². The molecule has 0 saturated heterocycles. The van der Waals surface area contributed by atoms with E-state index in [0.29, 0.717) is 31.0 Å². The van der Waals surface area contributed by atoms with Crippen LogP contribution >= 0.6 is 0 Å². The molecule has 0 bridgehead atoms. The van der Waals surface area contributed by atoms with Crippen LogP contribution in [0.4, 0.5) is 0 Å². The van der Waals surface area contributed by atoms with Gasteiger partial charge in [-0.3, -0.25) is 0 Å². The predicted molar refractivity (Wildman–Crippen MR) is 139 cm³/mol. The zero-order valence-electron chi connectivity index (χ0n) is 20.1. The number of hydrogen-bond donors (Lipinski definition) is 0. The maximum atomic E-state index is 5.88. The van der Waals surface area contributed by atoms with E-state index >= 15 is 0 Å². The van der Waals surface area contributed by atoms with Crippen LogP contribution in [0.1, 0.15) is 72.3 Å². The molecule has 0 amide bonds. The van der Waals surface area contributed by atoms with Crippen molar-refractivity contribution in [1.29, 1.82) is 0 Å². The summed E-state index contributed by atoms with van der Waals surface area (Å²) in [4.78, 5) is 0. The Balaban J connectivity index is 1.32. The van der Waals surface area contributed by atoms with E-state index in [9.17, 15) is 0 Å². The van der Waals surface area contributed by atoms with E-state index in [4.69, 9.17) is 9.47 Å². The fourth-order valence-corrected chi connectivity index (χ4v) is 6.27. The smallest absolute Gasteiger partial charge is 0.161 e. The van der Waals surface area contributed by atoms with Crippen LogP contribution in [-0.2, 0) is 12.8 Å². The van der Waals surface area contributed by atoms with Crippen molar-refractivity contribution in [3.63, 3.8) is 0 Å². The monoisotopic (exact) mass is 450 g/mol. The first-order valence-corrected chi connectivity index (χ1v) is 13.1. The Morgan fingerprint density at radius 3 is 2.47 bits per heavy atom. The van der Waals surface area contributed by atoms with Gasteiger partial charge < -0.3 is 9.47 Å². The van der Waals surface area contributed by atoms with Gasteiger partial charge in [0.2, 0.25) is 0 Å². The van der Waals surface area contributed by atoms with Gasteiger partial charge >= 0.3 is 0 Å². The lowest BCUT2D eigenvalue weighted by Gasteiger charge is -2.36. The lowest BCUT2D eigenvalue weighted by atomic mass is 9.68. The number of unbranched alkanes of at least 4 members (excludes halogenated alkanes) is 2. The molecule has 1 aliphatic heterocycles. The highest BCUT2D eigenvalue weighted by Gasteiger charge is 2.40. The van der Waals surface area contributed by atoms with Crippen LogP contribution in [0.5, 0.6) is 11.5 Å². The largest absolute Gasteiger partial charge is 0.486 e. The van der Waals surface area contributed by atoms with Crippen LogP contribution in [0.25, 0.3) is 5.57 Å². The first-order valence-electron chi connectivity index (χ1n) is 13.1. The van der Waals surface area contributed by atoms with E-state index in [0.717, 1.165) is 24.3 Å². The minimum absolute atomic E-state index is 0.527. The molecule has 2 nitrogen and oxygen atoms in total. The minimum Gasteiger partial charge on any atom is -0.486 e. The first kappa shape index (κ1) is 21.5. The third-order valence-electron chi connectivity index (χ3n) is 8.05. The second-order valence-electron chi connectivity index (χ2n) is 10.1. The standard InChI is InChI=1S/C32H34O2/c1-2-3-4-7-22-10-12-23(13-11-22)28-18-25-8-5-6-9-27(25)29-19-26(20-30(28)29)24-14-15-31-32(21-24)34-17-16-33-31/h5-6,8-15,20-21,28-30H,2-4,7,16-19H2,1H3. The molecule has 2 heteroatoms. The van der Waals surface area contributed by atoms with Crippen LogP contribution in [0.2, 0.25) is 0 Å². The van der Waals surface area contributed by atoms with Gasteiger partial charge in [-0.2, -0.15) is 0 Å². The molecule has 0 radical (unpaired) electrons. The summed E-state index contributed by atoms with van der Waals surface area (Å²) in [6, 6.07) is 25.2. The maximum absolute atomic E-state index is 5.88. The van der Waals surface area contributed by atoms with Crippen LogP contribution in [0, 0.1) is 5.92 Å². The molecule has 3 unspecified atom stereocenters. The number of hydrogen-bond acceptors (Lipinski definition) is 2. The van der Waals surface area contributed by atoms with Gasteiger partial charge in [-0.05, 0) is 89.0 Å². The zero-order valence-corrected chi connectivity index (χ0v) is 20.1. The highest BCUT2D eigenvalue weighted by molar-refractivity contribution is 5.72. The van der Waals surface area contributed by atoms with Crippen molar-refractivity contribution in [1.82, 2.24) is 0 Å². The molecule has 3 aliphatic rings. The molecule has 3 atom stereocenters. The Morgan fingerprint density at radius 1 is 0.794 bits per heavy atom. The summed E-state index contributed by atoms with van der Waals surface area (Å²) < 4.78 is 11.6. The minimum atomic E-state index is 0.527. The second-order valence-corrected chi connectivity index (χ2v) is 10.1. The molecule has 0 aromatic heterocycles. The third-order valence-corrected chi connectivity index (χ3v) is 8.05. The fraction of sp³-hybridized carbons (Fsp3) is 0.375. The molecule has 3 aromatic rings. The quantitative estimate of drug-likeness (QED) is 0.358. The van der Waals surface area contributed by atoms with Crippen LogP contribution in [0.3, 0.4) is 0 Å². The average Bonchev–Trinajstić information content (AvgIpc) is 3.34. The second kappa shape index (κ2) is 9.33. The molecule has 34 heavy (non-hydrogen) atoms. The van der Waals surface area contributed by atoms with Crippen molar-refractivity contribution in [2.45, 2.75) is 57.3 Å². The summed E-state index contributed by atoms with van der Waals surface area (Å²) >= 11 is 0. The Labute approximate surface area is 203 Å². The van der Waals surface area contributed by atoms with Gasteiger partial charge in [0.25, 0.3) is 0 Å². The third kappa shape index (κ3) is 4.04. The number of benzene rings is 3. The highest BCUT2D eigenvalue weighted by atomic mass is 16.6. The van der Waals surface area contributed by atoms with E-state index < -0.39 is 0 Å². The van der Waals surface area contributed by atoms with Gasteiger partial charge in [-0.25, -0.2) is 0 Å². The Hall–Kier alpha value is -3.00. The summed E-state index contributed by atoms with van der Waals surface area (Å²) in [5.41, 5.74) is 8.76. The molecule has 2 aliphatic carbocycles. The van der Waals surface area contributed by atoms with Gasteiger partial charge in [-0.15, -0.1) is 0 Å². The van der Waals surface area contributed by atoms with Crippen molar-refractivity contribution in [3.8, 4) is 11.5 Å². The topological polar surface area (TPSA) is 18.5 Å². The number of aryl methyl sites for hydroxylation is 1. The van der Waals surface area contributed by atoms with Crippen molar-refractivity contribution < 1.29 is 9.47 Å². The molecule has 174 valence electrons. The van der Waals surface area contributed by atoms with Gasteiger partial charge in [0.1, 0.15) is 13.2 Å². The van der Waals surface area contributed by atoms with Gasteiger partial charge in [0, 0.05) is 0 Å². The normalized spacial score (nSPS) is 22.6. The summed E-state index contributed by atoms with van der Waals surface area (Å²) in [6.45, 7) is 3.54. The molecule has 0 saturated carbocycles. The summed E-state index contributed by atoms with van der Waals surface area (Å²) in [7, 11) is 0. The summed E-state index contributed by atoms with van der Waals surface area (Å²) in [5.74, 6) is 3.36. The van der Waals surface area contributed by atoms with Gasteiger partial charge in [0.05, 0.1) is 0 Å². The number of allylic oxidation sites excluding steroid dienone is 2. The number of ether oxygens (including phenoxy) is 2. The van der Waals surface area contributed by atoms with E-state index in [1.54, 1.807) is 5.56 Å². The molecule has 0 spiro atoms. The van der Waals surface area contributed by atoms with Crippen LogP contribution in [0.15, 0.2) is 72.8 Å². The predicted octanol–water partition coefficient (Wildman–Crippen LogP) is 7.72. The number of rotatable bonds is 6. The Kier molecular flexibility index (Phi) is 5.91. The fourth-order valence-electron chi connectivity index (χ4n) is 6.27. The molecule has 3 aromatic carbocycles. The van der Waals surface area contributed by atoms with E-state index in [1.807, 2.05) is 0 Å². The lowest BCUT2D eigenvalue weighted by molar-refractivity contribution is 0.171. The highest BCUT2D eigenvalue weighted by Crippen LogP contribution is 2.54. The van der Waals surface area contributed by atoms with Crippen molar-refractivity contribution in [2.75, 3.05) is 13.2 Å². The summed E-state index contributed by atoms with van der Waals surface area (Å²) in [6.07, 6.45) is 9.87. The first-order chi connectivity index (χ1) is 16.8. The van der Waals surface area contributed by atoms with E-state index in [-0.39, 0.29) is 0 Å². The van der Waals surface area contributed by atoms with E-state index in [1.165, 1.54) is 53.5 Å². The van der Waals surface area contributed by atoms with Crippen molar-refractivity contribution >= 4 is 5.57 Å². The number of fused-ring (bicyclic) bond motifs is 4. The van der Waals surface area contributed by atoms with Crippen LogP contribution < -0.4 is 9.47 Å². The van der Waals surface area contributed by atoms with Crippen molar-refractivity contribution in [2.24, 2.45) is 5.92 Å².